The lowest BCUT2D eigenvalue weighted by Gasteiger charge is -2.25. The Morgan fingerprint density at radius 1 is 1.00 bits per heavy atom. The Hall–Kier alpha value is -2.96. The fourth-order valence-corrected chi connectivity index (χ4v) is 3.13. The number of halogens is 1. The Bertz CT molecular complexity index is 868. The van der Waals surface area contributed by atoms with Crippen LogP contribution in [0.5, 0.6) is 0 Å². The van der Waals surface area contributed by atoms with Crippen LogP contribution in [0.25, 0.3) is 22.6 Å². The molecule has 4 rings (SSSR count). The zero-order valence-electron chi connectivity index (χ0n) is 13.7. The van der Waals surface area contributed by atoms with Crippen LogP contribution in [-0.2, 0) is 0 Å². The third-order valence-electron chi connectivity index (χ3n) is 4.39. The topological polar surface area (TPSA) is 83.7 Å². The molecule has 1 aliphatic heterocycles. The van der Waals surface area contributed by atoms with Crippen molar-refractivity contribution in [2.24, 2.45) is 0 Å². The van der Waals surface area contributed by atoms with Gasteiger partial charge in [-0.3, -0.25) is 0 Å². The van der Waals surface area contributed by atoms with Gasteiger partial charge in [0.1, 0.15) is 5.82 Å². The van der Waals surface area contributed by atoms with Crippen molar-refractivity contribution < 1.29 is 4.39 Å². The maximum atomic E-state index is 13.3. The Kier molecular flexibility index (Phi) is 4.05. The Balaban J connectivity index is 1.82. The first kappa shape index (κ1) is 15.6. The average Bonchev–Trinajstić information content (AvgIpc) is 3.08. The number of nitrogens with one attached hydrogen (secondary N) is 1. The van der Waals surface area contributed by atoms with Crippen molar-refractivity contribution in [1.82, 2.24) is 19.9 Å². The highest BCUT2D eigenvalue weighted by atomic mass is 19.1. The molecule has 25 heavy (non-hydrogen) atoms. The maximum Gasteiger partial charge on any atom is 0.220 e. The van der Waals surface area contributed by atoms with Gasteiger partial charge in [0.2, 0.25) is 11.9 Å². The molecule has 1 aromatic carbocycles. The quantitative estimate of drug-likeness (QED) is 0.766. The first-order valence-electron chi connectivity index (χ1n) is 8.40. The van der Waals surface area contributed by atoms with E-state index in [1.54, 1.807) is 24.4 Å². The first-order valence-corrected chi connectivity index (χ1v) is 8.40. The summed E-state index contributed by atoms with van der Waals surface area (Å²) in [5, 5.41) is 0. The van der Waals surface area contributed by atoms with Crippen molar-refractivity contribution in [2.45, 2.75) is 19.3 Å². The molecule has 0 amide bonds. The number of anilines is 2. The summed E-state index contributed by atoms with van der Waals surface area (Å²) >= 11 is 0. The summed E-state index contributed by atoms with van der Waals surface area (Å²) in [7, 11) is 0. The van der Waals surface area contributed by atoms with Gasteiger partial charge in [-0.05, 0) is 49.6 Å². The van der Waals surface area contributed by atoms with Gasteiger partial charge in [0.15, 0.2) is 0 Å². The van der Waals surface area contributed by atoms with E-state index >= 15 is 0 Å². The van der Waals surface area contributed by atoms with Crippen molar-refractivity contribution in [3.05, 3.63) is 42.3 Å². The SMILES string of the molecule is Nc1nccc(-c2[nH]c(N3CCCCC3)nc2-c2ccc(F)cc2)n1. The van der Waals surface area contributed by atoms with Crippen LogP contribution >= 0.6 is 0 Å². The number of nitrogens with zero attached hydrogens (tertiary/aromatic N) is 4. The number of H-pyrrole nitrogens is 1. The number of aromatic nitrogens is 4. The number of rotatable bonds is 3. The lowest BCUT2D eigenvalue weighted by Crippen LogP contribution is -2.30. The van der Waals surface area contributed by atoms with Gasteiger partial charge in [0, 0.05) is 24.8 Å². The van der Waals surface area contributed by atoms with Gasteiger partial charge in [0.25, 0.3) is 0 Å². The second-order valence-corrected chi connectivity index (χ2v) is 6.14. The first-order chi connectivity index (χ1) is 12.2. The van der Waals surface area contributed by atoms with Crippen LogP contribution in [0.1, 0.15) is 19.3 Å². The molecular formula is C18H19FN6. The molecule has 0 unspecified atom stereocenters. The largest absolute Gasteiger partial charge is 0.368 e. The third-order valence-corrected chi connectivity index (χ3v) is 4.39. The minimum absolute atomic E-state index is 0.205. The summed E-state index contributed by atoms with van der Waals surface area (Å²) in [6.07, 6.45) is 5.18. The molecule has 3 aromatic rings. The number of hydrogen-bond donors (Lipinski definition) is 2. The van der Waals surface area contributed by atoms with Crippen molar-refractivity contribution in [1.29, 1.82) is 0 Å². The lowest BCUT2D eigenvalue weighted by molar-refractivity contribution is 0.570. The molecule has 0 bridgehead atoms. The molecular weight excluding hydrogens is 319 g/mol. The molecule has 3 heterocycles. The predicted octanol–water partition coefficient (Wildman–Crippen LogP) is 3.25. The lowest BCUT2D eigenvalue weighted by atomic mass is 10.1. The van der Waals surface area contributed by atoms with Gasteiger partial charge in [-0.1, -0.05) is 0 Å². The second kappa shape index (κ2) is 6.51. The smallest absolute Gasteiger partial charge is 0.220 e. The van der Waals surface area contributed by atoms with Crippen LogP contribution in [0.4, 0.5) is 16.3 Å². The monoisotopic (exact) mass is 338 g/mol. The van der Waals surface area contributed by atoms with E-state index in [1.165, 1.54) is 18.6 Å². The molecule has 0 saturated carbocycles. The summed E-state index contributed by atoms with van der Waals surface area (Å²) in [5.74, 6) is 0.742. The normalized spacial score (nSPS) is 14.7. The van der Waals surface area contributed by atoms with Crippen molar-refractivity contribution >= 4 is 11.9 Å². The number of imidazole rings is 1. The van der Waals surface area contributed by atoms with Crippen LogP contribution in [0.3, 0.4) is 0 Å². The van der Waals surface area contributed by atoms with Gasteiger partial charge < -0.3 is 15.6 Å². The van der Waals surface area contributed by atoms with Crippen LogP contribution in [0.15, 0.2) is 36.5 Å². The molecule has 7 heteroatoms. The zero-order chi connectivity index (χ0) is 17.2. The van der Waals surface area contributed by atoms with E-state index in [0.717, 1.165) is 48.8 Å². The number of nitrogen functional groups attached to an aromatic ring is 1. The molecule has 2 aromatic heterocycles. The Morgan fingerprint density at radius 3 is 2.48 bits per heavy atom. The highest BCUT2D eigenvalue weighted by molar-refractivity contribution is 5.78. The fraction of sp³-hybridized carbons (Fsp3) is 0.278. The van der Waals surface area contributed by atoms with Crippen molar-refractivity contribution in [3.63, 3.8) is 0 Å². The minimum Gasteiger partial charge on any atom is -0.368 e. The van der Waals surface area contributed by atoms with E-state index in [1.807, 2.05) is 0 Å². The third kappa shape index (κ3) is 3.17. The van der Waals surface area contributed by atoms with Crippen LogP contribution < -0.4 is 10.6 Å². The van der Waals surface area contributed by atoms with Gasteiger partial charge >= 0.3 is 0 Å². The molecule has 0 spiro atoms. The van der Waals surface area contributed by atoms with E-state index < -0.39 is 0 Å². The summed E-state index contributed by atoms with van der Waals surface area (Å²) in [6.45, 7) is 1.95. The molecule has 1 fully saturated rings. The molecule has 0 aliphatic carbocycles. The number of nitrogens with two attached hydrogens (primary N) is 1. The Morgan fingerprint density at radius 2 is 1.76 bits per heavy atom. The number of piperidine rings is 1. The van der Waals surface area contributed by atoms with Gasteiger partial charge in [-0.2, -0.15) is 0 Å². The molecule has 1 aliphatic rings. The zero-order valence-corrected chi connectivity index (χ0v) is 13.7. The molecule has 128 valence electrons. The van der Waals surface area contributed by atoms with E-state index in [0.29, 0.717) is 5.69 Å². The molecule has 6 nitrogen and oxygen atoms in total. The Labute approximate surface area is 144 Å². The predicted molar refractivity (Wildman–Crippen MR) is 95.5 cm³/mol. The van der Waals surface area contributed by atoms with Gasteiger partial charge in [0.05, 0.1) is 17.1 Å². The van der Waals surface area contributed by atoms with Crippen LogP contribution in [-0.4, -0.2) is 33.0 Å². The molecule has 1 saturated heterocycles. The average molecular weight is 338 g/mol. The molecule has 0 atom stereocenters. The van der Waals surface area contributed by atoms with Crippen molar-refractivity contribution in [2.75, 3.05) is 23.7 Å². The van der Waals surface area contributed by atoms with Crippen LogP contribution in [0.2, 0.25) is 0 Å². The van der Waals surface area contributed by atoms with Gasteiger partial charge in [-0.15, -0.1) is 0 Å². The minimum atomic E-state index is -0.275. The highest BCUT2D eigenvalue weighted by Crippen LogP contribution is 2.32. The fourth-order valence-electron chi connectivity index (χ4n) is 3.13. The number of benzene rings is 1. The highest BCUT2D eigenvalue weighted by Gasteiger charge is 2.20. The molecule has 0 radical (unpaired) electrons. The summed E-state index contributed by atoms with van der Waals surface area (Å²) in [6, 6.07) is 8.10. The van der Waals surface area contributed by atoms with Crippen molar-refractivity contribution in [3.8, 4) is 22.6 Å². The summed E-state index contributed by atoms with van der Waals surface area (Å²) < 4.78 is 13.3. The van der Waals surface area contributed by atoms with Crippen LogP contribution in [0, 0.1) is 5.82 Å². The van der Waals surface area contributed by atoms with Gasteiger partial charge in [-0.25, -0.2) is 19.3 Å². The standard InChI is InChI=1S/C18H19FN6/c19-13-6-4-12(5-7-13)15-16(14-8-9-21-17(20)22-14)24-18(23-15)25-10-2-1-3-11-25/h4-9H,1-3,10-11H2,(H,23,24)(H2,20,21,22). The molecule has 3 N–H and O–H groups in total. The summed E-state index contributed by atoms with van der Waals surface area (Å²) in [5.41, 5.74) is 8.73. The number of hydrogen-bond acceptors (Lipinski definition) is 5. The second-order valence-electron chi connectivity index (χ2n) is 6.14. The van der Waals surface area contributed by atoms with E-state index in [-0.39, 0.29) is 11.8 Å². The van der Waals surface area contributed by atoms with E-state index in [9.17, 15) is 4.39 Å². The maximum absolute atomic E-state index is 13.3. The number of aromatic amines is 1. The summed E-state index contributed by atoms with van der Waals surface area (Å²) in [4.78, 5) is 18.7. The van der Waals surface area contributed by atoms with E-state index in [2.05, 4.69) is 19.9 Å². The van der Waals surface area contributed by atoms with E-state index in [4.69, 9.17) is 10.7 Å².